The standard InChI is InChI=1S/C11H15BrN2/c1-14(10-3-4-10)7-8-6-9(13)2-5-11(8)12/h2,5-6,10H,3-4,7,13H2,1H3. The minimum atomic E-state index is 0.795. The number of anilines is 1. The van der Waals surface area contributed by atoms with Crippen molar-refractivity contribution in [2.24, 2.45) is 0 Å². The monoisotopic (exact) mass is 254 g/mol. The SMILES string of the molecule is CN(Cc1cc(N)ccc1Br)C1CC1. The van der Waals surface area contributed by atoms with Crippen LogP contribution < -0.4 is 5.73 Å². The van der Waals surface area contributed by atoms with E-state index in [0.29, 0.717) is 0 Å². The van der Waals surface area contributed by atoms with E-state index < -0.39 is 0 Å². The molecule has 2 nitrogen and oxygen atoms in total. The number of nitrogens with two attached hydrogens (primary N) is 1. The van der Waals surface area contributed by atoms with Gasteiger partial charge in [-0.15, -0.1) is 0 Å². The van der Waals surface area contributed by atoms with Crippen molar-refractivity contribution >= 4 is 21.6 Å². The first-order valence-corrected chi connectivity index (χ1v) is 5.70. The van der Waals surface area contributed by atoms with Crippen molar-refractivity contribution in [1.82, 2.24) is 4.90 Å². The molecule has 0 aromatic heterocycles. The molecule has 0 aliphatic heterocycles. The number of rotatable bonds is 3. The summed E-state index contributed by atoms with van der Waals surface area (Å²) in [5.74, 6) is 0. The van der Waals surface area contributed by atoms with Gasteiger partial charge in [-0.3, -0.25) is 4.90 Å². The topological polar surface area (TPSA) is 29.3 Å². The molecule has 1 fully saturated rings. The van der Waals surface area contributed by atoms with E-state index in [0.717, 1.165) is 22.7 Å². The molecular formula is C11H15BrN2. The fraction of sp³-hybridized carbons (Fsp3) is 0.455. The van der Waals surface area contributed by atoms with E-state index in [2.05, 4.69) is 27.9 Å². The maximum Gasteiger partial charge on any atom is 0.0318 e. The summed E-state index contributed by atoms with van der Waals surface area (Å²) in [5, 5.41) is 0. The Bertz CT molecular complexity index is 334. The van der Waals surface area contributed by atoms with Gasteiger partial charge < -0.3 is 5.73 Å². The Hall–Kier alpha value is -0.540. The second-order valence-corrected chi connectivity index (χ2v) is 4.85. The van der Waals surface area contributed by atoms with Gasteiger partial charge in [0.05, 0.1) is 0 Å². The molecule has 0 atom stereocenters. The second-order valence-electron chi connectivity index (χ2n) is 4.00. The molecule has 14 heavy (non-hydrogen) atoms. The zero-order chi connectivity index (χ0) is 10.1. The summed E-state index contributed by atoms with van der Waals surface area (Å²) < 4.78 is 1.15. The van der Waals surface area contributed by atoms with Crippen molar-refractivity contribution in [2.45, 2.75) is 25.4 Å². The summed E-state index contributed by atoms with van der Waals surface area (Å²) in [6.07, 6.45) is 2.69. The lowest BCUT2D eigenvalue weighted by Crippen LogP contribution is -2.20. The van der Waals surface area contributed by atoms with Crippen LogP contribution in [0.1, 0.15) is 18.4 Å². The lowest BCUT2D eigenvalue weighted by Gasteiger charge is -2.16. The van der Waals surface area contributed by atoms with E-state index >= 15 is 0 Å². The molecule has 0 unspecified atom stereocenters. The fourth-order valence-corrected chi connectivity index (χ4v) is 2.00. The zero-order valence-corrected chi connectivity index (χ0v) is 9.92. The molecule has 0 bridgehead atoms. The van der Waals surface area contributed by atoms with Crippen LogP contribution in [0.15, 0.2) is 22.7 Å². The predicted molar refractivity (Wildman–Crippen MR) is 63.0 cm³/mol. The Morgan fingerprint density at radius 3 is 2.86 bits per heavy atom. The van der Waals surface area contributed by atoms with Crippen LogP contribution in [0, 0.1) is 0 Å². The highest BCUT2D eigenvalue weighted by molar-refractivity contribution is 9.10. The minimum absolute atomic E-state index is 0.795. The van der Waals surface area contributed by atoms with Gasteiger partial charge in [0.1, 0.15) is 0 Å². The predicted octanol–water partition coefficient (Wildman–Crippen LogP) is 2.63. The number of nitrogen functional groups attached to an aromatic ring is 1. The quantitative estimate of drug-likeness (QED) is 0.841. The summed E-state index contributed by atoms with van der Waals surface area (Å²) in [6.45, 7) is 0.982. The number of benzene rings is 1. The van der Waals surface area contributed by atoms with E-state index in [1.165, 1.54) is 18.4 Å². The molecule has 3 heteroatoms. The third-order valence-electron chi connectivity index (χ3n) is 2.66. The van der Waals surface area contributed by atoms with E-state index in [4.69, 9.17) is 5.73 Å². The van der Waals surface area contributed by atoms with Crippen LogP contribution in [0.25, 0.3) is 0 Å². The normalized spacial score (nSPS) is 16.2. The van der Waals surface area contributed by atoms with Gasteiger partial charge in [0, 0.05) is 22.7 Å². The van der Waals surface area contributed by atoms with Crippen LogP contribution >= 0.6 is 15.9 Å². The highest BCUT2D eigenvalue weighted by atomic mass is 79.9. The van der Waals surface area contributed by atoms with E-state index in [-0.39, 0.29) is 0 Å². The minimum Gasteiger partial charge on any atom is -0.399 e. The summed E-state index contributed by atoms with van der Waals surface area (Å²) >= 11 is 3.55. The molecule has 1 aliphatic carbocycles. The van der Waals surface area contributed by atoms with Crippen LogP contribution in [0.4, 0.5) is 5.69 Å². The molecule has 0 heterocycles. The van der Waals surface area contributed by atoms with Gasteiger partial charge in [-0.25, -0.2) is 0 Å². The van der Waals surface area contributed by atoms with Crippen molar-refractivity contribution in [3.63, 3.8) is 0 Å². The van der Waals surface area contributed by atoms with Crippen LogP contribution in [0.2, 0.25) is 0 Å². The van der Waals surface area contributed by atoms with Gasteiger partial charge in [0.2, 0.25) is 0 Å². The number of nitrogens with zero attached hydrogens (tertiary/aromatic N) is 1. The largest absolute Gasteiger partial charge is 0.399 e. The van der Waals surface area contributed by atoms with E-state index in [9.17, 15) is 0 Å². The van der Waals surface area contributed by atoms with Crippen LogP contribution in [-0.2, 0) is 6.54 Å². The molecule has 0 spiro atoms. The molecule has 0 saturated heterocycles. The van der Waals surface area contributed by atoms with Gasteiger partial charge >= 0.3 is 0 Å². The van der Waals surface area contributed by atoms with Crippen LogP contribution in [-0.4, -0.2) is 18.0 Å². The fourth-order valence-electron chi connectivity index (χ4n) is 1.63. The highest BCUT2D eigenvalue weighted by Gasteiger charge is 2.26. The highest BCUT2D eigenvalue weighted by Crippen LogP contribution is 2.28. The zero-order valence-electron chi connectivity index (χ0n) is 8.33. The molecule has 1 aliphatic rings. The Kier molecular flexibility index (Phi) is 2.79. The molecule has 1 aromatic carbocycles. The number of hydrogen-bond donors (Lipinski definition) is 1. The van der Waals surface area contributed by atoms with Crippen LogP contribution in [0.3, 0.4) is 0 Å². The molecule has 1 saturated carbocycles. The summed E-state index contributed by atoms with van der Waals surface area (Å²) in [7, 11) is 2.17. The Balaban J connectivity index is 2.10. The van der Waals surface area contributed by atoms with Gasteiger partial charge in [0.15, 0.2) is 0 Å². The second kappa shape index (κ2) is 3.91. The first-order chi connectivity index (χ1) is 6.66. The molecule has 0 radical (unpaired) electrons. The maximum atomic E-state index is 5.76. The summed E-state index contributed by atoms with van der Waals surface area (Å²) in [6, 6.07) is 6.78. The summed E-state index contributed by atoms with van der Waals surface area (Å²) in [4.78, 5) is 2.39. The smallest absolute Gasteiger partial charge is 0.0318 e. The number of hydrogen-bond acceptors (Lipinski definition) is 2. The molecular weight excluding hydrogens is 240 g/mol. The maximum absolute atomic E-state index is 5.76. The first-order valence-electron chi connectivity index (χ1n) is 4.91. The van der Waals surface area contributed by atoms with Crippen molar-refractivity contribution in [1.29, 1.82) is 0 Å². The lowest BCUT2D eigenvalue weighted by molar-refractivity contribution is 0.316. The average molecular weight is 255 g/mol. The first kappa shape index (κ1) is 9.99. The van der Waals surface area contributed by atoms with Gasteiger partial charge in [0.25, 0.3) is 0 Å². The molecule has 0 amide bonds. The van der Waals surface area contributed by atoms with Crippen LogP contribution in [0.5, 0.6) is 0 Å². The molecule has 2 rings (SSSR count). The van der Waals surface area contributed by atoms with Gasteiger partial charge in [-0.1, -0.05) is 15.9 Å². The average Bonchev–Trinajstić information content (AvgIpc) is 2.94. The van der Waals surface area contributed by atoms with E-state index in [1.807, 2.05) is 18.2 Å². The third kappa shape index (κ3) is 2.28. The van der Waals surface area contributed by atoms with Crippen molar-refractivity contribution in [3.05, 3.63) is 28.2 Å². The van der Waals surface area contributed by atoms with E-state index in [1.54, 1.807) is 0 Å². The lowest BCUT2D eigenvalue weighted by atomic mass is 10.2. The van der Waals surface area contributed by atoms with Crippen molar-refractivity contribution in [3.8, 4) is 0 Å². The Morgan fingerprint density at radius 2 is 2.21 bits per heavy atom. The molecule has 1 aromatic rings. The Labute approximate surface area is 93.2 Å². The number of halogens is 1. The Morgan fingerprint density at radius 1 is 1.50 bits per heavy atom. The molecule has 2 N–H and O–H groups in total. The molecule has 76 valence electrons. The van der Waals surface area contributed by atoms with Gasteiger partial charge in [-0.2, -0.15) is 0 Å². The van der Waals surface area contributed by atoms with Crippen molar-refractivity contribution in [2.75, 3.05) is 12.8 Å². The summed E-state index contributed by atoms with van der Waals surface area (Å²) in [5.41, 5.74) is 7.87. The van der Waals surface area contributed by atoms with Gasteiger partial charge in [-0.05, 0) is 43.7 Å². The third-order valence-corrected chi connectivity index (χ3v) is 3.43. The van der Waals surface area contributed by atoms with Crippen molar-refractivity contribution < 1.29 is 0 Å².